The lowest BCUT2D eigenvalue weighted by atomic mass is 10.4. The first-order valence-electron chi connectivity index (χ1n) is 7.88. The van der Waals surface area contributed by atoms with Crippen LogP contribution in [0.5, 0.6) is 0 Å². The van der Waals surface area contributed by atoms with Gasteiger partial charge in [0.15, 0.2) is 0 Å². The first-order valence-corrected chi connectivity index (χ1v) is 13.8. The monoisotopic (exact) mass is 438 g/mol. The van der Waals surface area contributed by atoms with Crippen molar-refractivity contribution in [1.29, 1.82) is 0 Å². The summed E-state index contributed by atoms with van der Waals surface area (Å²) in [5.74, 6) is 4.37. The highest BCUT2D eigenvalue weighted by Crippen LogP contribution is 2.42. The SMILES string of the molecule is OCC1CSC(CSc2ccc(SCC3SCC(CO)S3)cc2)S1. The van der Waals surface area contributed by atoms with Crippen LogP contribution in [0.1, 0.15) is 0 Å². The lowest BCUT2D eigenvalue weighted by Crippen LogP contribution is -2.06. The maximum absolute atomic E-state index is 9.20. The molecule has 0 bridgehead atoms. The Morgan fingerprint density at radius 2 is 1.21 bits per heavy atom. The van der Waals surface area contributed by atoms with Gasteiger partial charge in [-0.3, -0.25) is 0 Å². The van der Waals surface area contributed by atoms with Gasteiger partial charge < -0.3 is 10.2 Å². The van der Waals surface area contributed by atoms with E-state index in [2.05, 4.69) is 24.3 Å². The maximum Gasteiger partial charge on any atom is 0.0600 e. The zero-order valence-electron chi connectivity index (χ0n) is 13.2. The molecule has 24 heavy (non-hydrogen) atoms. The van der Waals surface area contributed by atoms with Crippen molar-refractivity contribution in [1.82, 2.24) is 0 Å². The molecule has 4 atom stereocenters. The Kier molecular flexibility index (Phi) is 8.78. The summed E-state index contributed by atoms with van der Waals surface area (Å²) in [5.41, 5.74) is 0. The van der Waals surface area contributed by atoms with Crippen LogP contribution < -0.4 is 0 Å². The average molecular weight is 439 g/mol. The van der Waals surface area contributed by atoms with E-state index in [-0.39, 0.29) is 0 Å². The van der Waals surface area contributed by atoms with E-state index < -0.39 is 0 Å². The van der Waals surface area contributed by atoms with Crippen molar-refractivity contribution in [3.05, 3.63) is 24.3 Å². The van der Waals surface area contributed by atoms with Gasteiger partial charge in [-0.2, -0.15) is 0 Å². The number of benzene rings is 1. The summed E-state index contributed by atoms with van der Waals surface area (Å²) < 4.78 is 1.22. The van der Waals surface area contributed by atoms with Gasteiger partial charge in [0, 0.05) is 43.3 Å². The van der Waals surface area contributed by atoms with Crippen molar-refractivity contribution in [3.8, 4) is 0 Å². The van der Waals surface area contributed by atoms with E-state index in [1.807, 2.05) is 70.6 Å². The molecule has 2 nitrogen and oxygen atoms in total. The van der Waals surface area contributed by atoms with Crippen LogP contribution in [-0.4, -0.2) is 66.1 Å². The first kappa shape index (κ1) is 20.0. The Balaban J connectivity index is 1.37. The smallest absolute Gasteiger partial charge is 0.0600 e. The molecule has 2 aliphatic heterocycles. The van der Waals surface area contributed by atoms with Crippen molar-refractivity contribution >= 4 is 70.6 Å². The van der Waals surface area contributed by atoms with E-state index in [1.54, 1.807) is 0 Å². The molecular formula is C16H22O2S6. The van der Waals surface area contributed by atoms with Crippen LogP contribution in [-0.2, 0) is 0 Å². The van der Waals surface area contributed by atoms with Crippen LogP contribution in [0.2, 0.25) is 0 Å². The highest BCUT2D eigenvalue weighted by atomic mass is 32.2. The third-order valence-electron chi connectivity index (χ3n) is 3.63. The van der Waals surface area contributed by atoms with E-state index in [4.69, 9.17) is 0 Å². The molecule has 1 aromatic carbocycles. The molecule has 3 rings (SSSR count). The third-order valence-corrected chi connectivity index (χ3v) is 13.2. The highest BCUT2D eigenvalue weighted by Gasteiger charge is 2.26. The summed E-state index contributed by atoms with van der Waals surface area (Å²) in [6, 6.07) is 8.91. The molecule has 1 aromatic rings. The largest absolute Gasteiger partial charge is 0.395 e. The van der Waals surface area contributed by atoms with E-state index in [0.717, 1.165) is 23.0 Å². The minimum atomic E-state index is 0.307. The van der Waals surface area contributed by atoms with E-state index in [9.17, 15) is 10.2 Å². The fourth-order valence-electron chi connectivity index (χ4n) is 2.34. The normalized spacial score (nSPS) is 30.1. The Hall–Kier alpha value is 1.24. The quantitative estimate of drug-likeness (QED) is 0.585. The molecule has 0 aliphatic carbocycles. The molecular weight excluding hydrogens is 417 g/mol. The van der Waals surface area contributed by atoms with E-state index in [1.165, 1.54) is 9.79 Å². The molecule has 2 heterocycles. The number of hydrogen-bond acceptors (Lipinski definition) is 8. The summed E-state index contributed by atoms with van der Waals surface area (Å²) >= 11 is 11.6. The number of aliphatic hydroxyl groups excluding tert-OH is 2. The van der Waals surface area contributed by atoms with Crippen LogP contribution in [0, 0.1) is 0 Å². The van der Waals surface area contributed by atoms with Gasteiger partial charge in [0.05, 0.1) is 22.4 Å². The Morgan fingerprint density at radius 1 is 0.792 bits per heavy atom. The zero-order chi connectivity index (χ0) is 16.8. The topological polar surface area (TPSA) is 40.5 Å². The van der Waals surface area contributed by atoms with Gasteiger partial charge in [-0.1, -0.05) is 0 Å². The van der Waals surface area contributed by atoms with Gasteiger partial charge in [-0.05, 0) is 24.3 Å². The Morgan fingerprint density at radius 3 is 1.54 bits per heavy atom. The van der Waals surface area contributed by atoms with E-state index >= 15 is 0 Å². The van der Waals surface area contributed by atoms with Crippen molar-refractivity contribution in [2.24, 2.45) is 0 Å². The van der Waals surface area contributed by atoms with Gasteiger partial charge in [-0.15, -0.1) is 70.6 Å². The van der Waals surface area contributed by atoms with Gasteiger partial charge in [0.1, 0.15) is 0 Å². The second kappa shape index (κ2) is 10.5. The molecule has 0 saturated carbocycles. The summed E-state index contributed by atoms with van der Waals surface area (Å²) in [5, 5.41) is 19.3. The molecule has 2 N–H and O–H groups in total. The molecule has 0 radical (unpaired) electrons. The van der Waals surface area contributed by atoms with Gasteiger partial charge in [-0.25, -0.2) is 0 Å². The summed E-state index contributed by atoms with van der Waals surface area (Å²) in [7, 11) is 0. The van der Waals surface area contributed by atoms with Gasteiger partial charge >= 0.3 is 0 Å². The van der Waals surface area contributed by atoms with Gasteiger partial charge in [0.2, 0.25) is 0 Å². The van der Waals surface area contributed by atoms with E-state index in [0.29, 0.717) is 32.9 Å². The maximum atomic E-state index is 9.20. The van der Waals surface area contributed by atoms with Crippen molar-refractivity contribution in [3.63, 3.8) is 0 Å². The molecule has 2 fully saturated rings. The lowest BCUT2D eigenvalue weighted by molar-refractivity contribution is 0.301. The van der Waals surface area contributed by atoms with Crippen molar-refractivity contribution in [2.45, 2.75) is 29.5 Å². The number of hydrogen-bond donors (Lipinski definition) is 2. The molecule has 8 heteroatoms. The van der Waals surface area contributed by atoms with Crippen LogP contribution in [0.25, 0.3) is 0 Å². The van der Waals surface area contributed by atoms with Crippen LogP contribution in [0.3, 0.4) is 0 Å². The summed E-state index contributed by atoms with van der Waals surface area (Å²) in [6.07, 6.45) is 0. The lowest BCUT2D eigenvalue weighted by Gasteiger charge is -2.10. The summed E-state index contributed by atoms with van der Waals surface area (Å²) in [4.78, 5) is 2.66. The third kappa shape index (κ3) is 6.15. The van der Waals surface area contributed by atoms with Crippen LogP contribution in [0.15, 0.2) is 34.1 Å². The molecule has 4 unspecified atom stereocenters. The fraction of sp³-hybridized carbons (Fsp3) is 0.625. The molecule has 134 valence electrons. The minimum Gasteiger partial charge on any atom is -0.395 e. The highest BCUT2D eigenvalue weighted by molar-refractivity contribution is 8.22. The molecule has 0 spiro atoms. The molecule has 0 amide bonds. The number of rotatable bonds is 8. The zero-order valence-corrected chi connectivity index (χ0v) is 18.1. The number of thioether (sulfide) groups is 6. The first-order chi connectivity index (χ1) is 11.8. The average Bonchev–Trinajstić information content (AvgIpc) is 3.28. The molecule has 2 aliphatic rings. The number of aliphatic hydroxyl groups is 2. The predicted molar refractivity (Wildman–Crippen MR) is 117 cm³/mol. The summed E-state index contributed by atoms with van der Waals surface area (Å²) in [6.45, 7) is 0.614. The molecule has 0 aromatic heterocycles. The van der Waals surface area contributed by atoms with Crippen LogP contribution >= 0.6 is 70.6 Å². The minimum absolute atomic E-state index is 0.307. The van der Waals surface area contributed by atoms with Gasteiger partial charge in [0.25, 0.3) is 0 Å². The second-order valence-electron chi connectivity index (χ2n) is 5.50. The fourth-order valence-corrected chi connectivity index (χ4v) is 11.1. The predicted octanol–water partition coefficient (Wildman–Crippen LogP) is 4.20. The molecule has 2 saturated heterocycles. The Labute approximate surface area is 169 Å². The second-order valence-corrected chi connectivity index (χ2v) is 13.8. The van der Waals surface area contributed by atoms with Crippen molar-refractivity contribution < 1.29 is 10.2 Å². The standard InChI is InChI=1S/C16H22O2S6/c17-5-13-7-21-15(23-13)9-19-11-1-2-12(4-3-11)20-10-16-22-8-14(6-18)24-16/h1-4,13-18H,5-10H2. The van der Waals surface area contributed by atoms with Crippen LogP contribution in [0.4, 0.5) is 0 Å². The Bertz CT molecular complexity index is 455. The van der Waals surface area contributed by atoms with Crippen molar-refractivity contribution in [2.75, 3.05) is 36.2 Å².